The quantitative estimate of drug-likeness (QED) is 0.215. The van der Waals surface area contributed by atoms with Crippen LogP contribution in [0.2, 0.25) is 0 Å². The van der Waals surface area contributed by atoms with Gasteiger partial charge in [0, 0.05) is 29.7 Å². The van der Waals surface area contributed by atoms with Crippen LogP contribution < -0.4 is 10.7 Å². The summed E-state index contributed by atoms with van der Waals surface area (Å²) in [6.45, 7) is 2.45. The van der Waals surface area contributed by atoms with Gasteiger partial charge in [-0.1, -0.05) is 66.7 Å². The monoisotopic (exact) mass is 544 g/mol. The van der Waals surface area contributed by atoms with Crippen molar-refractivity contribution in [3.63, 3.8) is 0 Å². The van der Waals surface area contributed by atoms with Crippen molar-refractivity contribution in [3.8, 4) is 10.4 Å². The fourth-order valence-corrected chi connectivity index (χ4v) is 5.84. The Morgan fingerprint density at radius 3 is 2.23 bits per heavy atom. The number of thiophene rings is 1. The molecule has 0 spiro atoms. The van der Waals surface area contributed by atoms with Gasteiger partial charge in [-0.25, -0.2) is 13.6 Å². The molecule has 0 radical (unpaired) electrons. The molecule has 1 N–H and O–H groups in total. The second-order valence-electron chi connectivity index (χ2n) is 8.97. The zero-order valence-corrected chi connectivity index (χ0v) is 22.1. The van der Waals surface area contributed by atoms with Crippen LogP contribution in [0.25, 0.3) is 20.7 Å². The molecule has 0 amide bonds. The lowest BCUT2D eigenvalue weighted by Gasteiger charge is -2.13. The van der Waals surface area contributed by atoms with E-state index in [9.17, 15) is 18.4 Å². The first-order valence-corrected chi connectivity index (χ1v) is 13.4. The number of rotatable bonds is 9. The summed E-state index contributed by atoms with van der Waals surface area (Å²) in [5.41, 5.74) is 1.90. The second-order valence-corrected chi connectivity index (χ2v) is 9.96. The highest BCUT2D eigenvalue weighted by molar-refractivity contribution is 7.22. The molecule has 39 heavy (non-hydrogen) atoms. The van der Waals surface area contributed by atoms with Crippen molar-refractivity contribution >= 4 is 27.5 Å². The lowest BCUT2D eigenvalue weighted by molar-refractivity contribution is 0.0524. The van der Waals surface area contributed by atoms with Crippen LogP contribution in [0.15, 0.2) is 89.9 Å². The first-order valence-electron chi connectivity index (χ1n) is 12.6. The minimum absolute atomic E-state index is 0.0860. The summed E-state index contributed by atoms with van der Waals surface area (Å²) in [5.74, 6) is -2.18. The van der Waals surface area contributed by atoms with Crippen LogP contribution >= 0.6 is 11.3 Å². The molecule has 2 aromatic heterocycles. The van der Waals surface area contributed by atoms with Gasteiger partial charge in [-0.15, -0.1) is 11.3 Å². The highest BCUT2D eigenvalue weighted by Crippen LogP contribution is 2.38. The van der Waals surface area contributed by atoms with Gasteiger partial charge < -0.3 is 14.6 Å². The van der Waals surface area contributed by atoms with Crippen LogP contribution in [-0.4, -0.2) is 17.1 Å². The molecule has 5 aromatic rings. The number of aromatic nitrogens is 1. The average Bonchev–Trinajstić information content (AvgIpc) is 3.33. The number of carbonyl (C=O) groups excluding carboxylic acids is 1. The fourth-order valence-electron chi connectivity index (χ4n) is 4.54. The minimum Gasteiger partial charge on any atom is -0.462 e. The molecule has 0 fully saturated rings. The predicted octanol–water partition coefficient (Wildman–Crippen LogP) is 6.52. The van der Waals surface area contributed by atoms with Crippen LogP contribution in [0.5, 0.6) is 0 Å². The Labute approximate surface area is 228 Å². The zero-order valence-electron chi connectivity index (χ0n) is 21.2. The molecule has 5 nitrogen and oxygen atoms in total. The number of nitrogens with zero attached hydrogens (tertiary/aromatic N) is 1. The molecular formula is C31H26F2N2O3S. The highest BCUT2D eigenvalue weighted by atomic mass is 32.1. The van der Waals surface area contributed by atoms with Crippen LogP contribution in [0, 0.1) is 11.6 Å². The number of ether oxygens (including phenoxy) is 1. The molecule has 0 atom stereocenters. The van der Waals surface area contributed by atoms with E-state index < -0.39 is 23.0 Å². The number of fused-ring (bicyclic) bond motifs is 1. The van der Waals surface area contributed by atoms with Crippen LogP contribution in [-0.2, 0) is 24.4 Å². The summed E-state index contributed by atoms with van der Waals surface area (Å²) in [7, 11) is 0. The van der Waals surface area contributed by atoms with Crippen molar-refractivity contribution in [2.75, 3.05) is 6.61 Å². The topological polar surface area (TPSA) is 60.3 Å². The molecule has 0 aliphatic heterocycles. The molecule has 0 aliphatic rings. The van der Waals surface area contributed by atoms with Crippen molar-refractivity contribution < 1.29 is 18.3 Å². The van der Waals surface area contributed by atoms with Crippen molar-refractivity contribution in [3.05, 3.63) is 129 Å². The molecule has 2 heterocycles. The first kappa shape index (κ1) is 26.5. The van der Waals surface area contributed by atoms with E-state index in [1.54, 1.807) is 11.5 Å². The Bertz CT molecular complexity index is 1660. The van der Waals surface area contributed by atoms with E-state index in [4.69, 9.17) is 4.74 Å². The van der Waals surface area contributed by atoms with E-state index in [0.717, 1.165) is 21.6 Å². The number of esters is 1. The Balaban J connectivity index is 1.71. The summed E-state index contributed by atoms with van der Waals surface area (Å²) < 4.78 is 36.1. The number of halogens is 2. The third-order valence-corrected chi connectivity index (χ3v) is 7.72. The second kappa shape index (κ2) is 11.7. The maximum Gasteiger partial charge on any atom is 0.343 e. The van der Waals surface area contributed by atoms with Crippen LogP contribution in [0.4, 0.5) is 8.78 Å². The van der Waals surface area contributed by atoms with Gasteiger partial charge in [0.15, 0.2) is 0 Å². The maximum absolute atomic E-state index is 14.7. The van der Waals surface area contributed by atoms with Gasteiger partial charge in [-0.2, -0.15) is 0 Å². The lowest BCUT2D eigenvalue weighted by atomic mass is 10.0. The Morgan fingerprint density at radius 1 is 0.897 bits per heavy atom. The van der Waals surface area contributed by atoms with E-state index in [2.05, 4.69) is 5.32 Å². The van der Waals surface area contributed by atoms with E-state index in [1.165, 1.54) is 35.7 Å². The highest BCUT2D eigenvalue weighted by Gasteiger charge is 2.24. The molecule has 0 saturated carbocycles. The SMILES string of the molecule is CCOC(=O)c1cn(Cc2c(F)cccc2F)c2sc(-c3ccccc3)c(CNCc3ccccc3)c2c1=O. The number of hydrogen-bond acceptors (Lipinski definition) is 5. The number of benzene rings is 3. The van der Waals surface area contributed by atoms with Gasteiger partial charge >= 0.3 is 5.97 Å². The van der Waals surface area contributed by atoms with E-state index in [0.29, 0.717) is 23.3 Å². The molecule has 8 heteroatoms. The molecule has 5 rings (SSSR count). The normalized spacial score (nSPS) is 11.2. The Morgan fingerprint density at radius 2 is 1.56 bits per heavy atom. The number of nitrogens with one attached hydrogen (secondary N) is 1. The van der Waals surface area contributed by atoms with Crippen LogP contribution in [0.1, 0.15) is 34.0 Å². The summed E-state index contributed by atoms with van der Waals surface area (Å²) in [4.78, 5) is 28.0. The lowest BCUT2D eigenvalue weighted by Crippen LogP contribution is -2.22. The summed E-state index contributed by atoms with van der Waals surface area (Å²) >= 11 is 1.35. The van der Waals surface area contributed by atoms with Gasteiger partial charge in [0.25, 0.3) is 0 Å². The largest absolute Gasteiger partial charge is 0.462 e. The smallest absolute Gasteiger partial charge is 0.343 e. The molecular weight excluding hydrogens is 518 g/mol. The van der Waals surface area contributed by atoms with Crippen LogP contribution in [0.3, 0.4) is 0 Å². The summed E-state index contributed by atoms with van der Waals surface area (Å²) in [6.07, 6.45) is 1.35. The average molecular weight is 545 g/mol. The van der Waals surface area contributed by atoms with Gasteiger partial charge in [0.1, 0.15) is 22.0 Å². The minimum atomic E-state index is -0.775. The third kappa shape index (κ3) is 5.53. The summed E-state index contributed by atoms with van der Waals surface area (Å²) in [5, 5.41) is 3.75. The number of hydrogen-bond donors (Lipinski definition) is 1. The fraction of sp³-hybridized carbons (Fsp3) is 0.161. The van der Waals surface area contributed by atoms with E-state index >= 15 is 0 Å². The molecule has 0 bridgehead atoms. The molecule has 0 unspecified atom stereocenters. The molecule has 0 saturated heterocycles. The number of carbonyl (C=O) groups is 1. The first-order chi connectivity index (χ1) is 19.0. The van der Waals surface area contributed by atoms with E-state index in [-0.39, 0.29) is 24.3 Å². The number of pyridine rings is 1. The predicted molar refractivity (Wildman–Crippen MR) is 150 cm³/mol. The van der Waals surface area contributed by atoms with Gasteiger partial charge in [0.05, 0.1) is 18.5 Å². The Kier molecular flexibility index (Phi) is 7.95. The maximum atomic E-state index is 14.7. The van der Waals surface area contributed by atoms with Crippen molar-refractivity contribution in [2.24, 2.45) is 0 Å². The third-order valence-electron chi connectivity index (χ3n) is 6.40. The molecule has 0 aliphatic carbocycles. The standard InChI is InChI=1S/C31H26F2N2O3S/c1-2-38-31(37)24-19-35(18-23-25(32)14-9-15-26(23)33)30-27(28(24)36)22(17-34-16-20-10-5-3-6-11-20)29(39-30)21-12-7-4-8-13-21/h3-15,19,34H,2,16-18H2,1H3. The summed E-state index contributed by atoms with van der Waals surface area (Å²) in [6, 6.07) is 23.2. The van der Waals surface area contributed by atoms with Gasteiger partial charge in [-0.05, 0) is 35.7 Å². The van der Waals surface area contributed by atoms with Crippen molar-refractivity contribution in [1.29, 1.82) is 0 Å². The zero-order chi connectivity index (χ0) is 27.4. The van der Waals surface area contributed by atoms with Gasteiger partial charge in [-0.3, -0.25) is 4.79 Å². The van der Waals surface area contributed by atoms with Crippen molar-refractivity contribution in [2.45, 2.75) is 26.6 Å². The van der Waals surface area contributed by atoms with Crippen molar-refractivity contribution in [1.82, 2.24) is 9.88 Å². The van der Waals surface area contributed by atoms with Gasteiger partial charge in [0.2, 0.25) is 5.43 Å². The Hall–Kier alpha value is -4.14. The molecule has 198 valence electrons. The van der Waals surface area contributed by atoms with E-state index in [1.807, 2.05) is 60.7 Å². The molecule has 3 aromatic carbocycles.